The molecule has 2 heterocycles. The molecule has 0 amide bonds. The Morgan fingerprint density at radius 1 is 1.30 bits per heavy atom. The molecule has 20 heavy (non-hydrogen) atoms. The van der Waals surface area contributed by atoms with Gasteiger partial charge in [-0.2, -0.15) is 0 Å². The number of likely N-dealkylation sites (N-methyl/N-ethyl adjacent to an activating group) is 1. The molecule has 1 aromatic heterocycles. The van der Waals surface area contributed by atoms with Gasteiger partial charge in [0.2, 0.25) is 0 Å². The molecule has 1 unspecified atom stereocenters. The third-order valence-corrected chi connectivity index (χ3v) is 3.24. The van der Waals surface area contributed by atoms with Gasteiger partial charge in [-0.05, 0) is 33.9 Å². The summed E-state index contributed by atoms with van der Waals surface area (Å²) in [4.78, 5) is 10.9. The van der Waals surface area contributed by atoms with Crippen LogP contribution in [0.5, 0.6) is 0 Å². The molecule has 6 nitrogen and oxygen atoms in total. The zero-order valence-corrected chi connectivity index (χ0v) is 12.6. The molecule has 1 saturated heterocycles. The second kappa shape index (κ2) is 7.40. The monoisotopic (exact) mass is 279 g/mol. The quantitative estimate of drug-likeness (QED) is 0.785. The number of aromatic nitrogens is 2. The van der Waals surface area contributed by atoms with Crippen LogP contribution in [0.3, 0.4) is 0 Å². The number of rotatable bonds is 7. The molecule has 1 fully saturated rings. The average molecular weight is 279 g/mol. The summed E-state index contributed by atoms with van der Waals surface area (Å²) in [7, 11) is 4.11. The van der Waals surface area contributed by atoms with Gasteiger partial charge in [-0.25, -0.2) is 9.97 Å². The van der Waals surface area contributed by atoms with Crippen LogP contribution in [0.2, 0.25) is 0 Å². The van der Waals surface area contributed by atoms with Gasteiger partial charge in [0.1, 0.15) is 17.5 Å². The maximum absolute atomic E-state index is 5.60. The number of ether oxygens (including phenoxy) is 1. The van der Waals surface area contributed by atoms with E-state index in [1.54, 1.807) is 0 Å². The number of nitrogens with one attached hydrogen (secondary N) is 2. The van der Waals surface area contributed by atoms with Crippen molar-refractivity contribution in [2.75, 3.05) is 51.0 Å². The molecule has 0 bridgehead atoms. The molecule has 1 aliphatic heterocycles. The number of anilines is 2. The fourth-order valence-electron chi connectivity index (χ4n) is 2.18. The Labute approximate surface area is 120 Å². The van der Waals surface area contributed by atoms with Crippen molar-refractivity contribution in [2.45, 2.75) is 25.9 Å². The highest BCUT2D eigenvalue weighted by Gasteiger charge is 2.15. The Morgan fingerprint density at radius 3 is 2.70 bits per heavy atom. The summed E-state index contributed by atoms with van der Waals surface area (Å²) >= 11 is 0. The Kier molecular flexibility index (Phi) is 5.55. The topological polar surface area (TPSA) is 62.3 Å². The maximum atomic E-state index is 5.60. The van der Waals surface area contributed by atoms with Crippen molar-refractivity contribution in [3.05, 3.63) is 11.9 Å². The molecule has 0 spiro atoms. The van der Waals surface area contributed by atoms with Gasteiger partial charge in [-0.1, -0.05) is 0 Å². The first-order chi connectivity index (χ1) is 9.63. The molecule has 0 radical (unpaired) electrons. The normalized spacial score (nSPS) is 18.5. The van der Waals surface area contributed by atoms with E-state index in [0.29, 0.717) is 6.10 Å². The summed E-state index contributed by atoms with van der Waals surface area (Å²) in [6.45, 7) is 5.45. The van der Waals surface area contributed by atoms with Crippen molar-refractivity contribution in [3.63, 3.8) is 0 Å². The van der Waals surface area contributed by atoms with Crippen molar-refractivity contribution in [3.8, 4) is 0 Å². The predicted octanol–water partition coefficient (Wildman–Crippen LogP) is 1.35. The highest BCUT2D eigenvalue weighted by molar-refractivity contribution is 5.47. The first kappa shape index (κ1) is 15.0. The number of nitrogens with zero attached hydrogens (tertiary/aromatic N) is 3. The molecule has 2 N–H and O–H groups in total. The largest absolute Gasteiger partial charge is 0.376 e. The van der Waals surface area contributed by atoms with Gasteiger partial charge in [-0.15, -0.1) is 0 Å². The Bertz CT molecular complexity index is 418. The minimum absolute atomic E-state index is 0.315. The lowest BCUT2D eigenvalue weighted by Gasteiger charge is -2.14. The molecule has 112 valence electrons. The lowest BCUT2D eigenvalue weighted by Crippen LogP contribution is -2.22. The molecule has 6 heteroatoms. The van der Waals surface area contributed by atoms with Crippen LogP contribution in [-0.2, 0) is 4.74 Å². The SMILES string of the molecule is Cc1nc(NCCN(C)C)cc(NCC2CCCO2)n1. The van der Waals surface area contributed by atoms with Gasteiger partial charge in [0, 0.05) is 32.3 Å². The van der Waals surface area contributed by atoms with E-state index in [9.17, 15) is 0 Å². The zero-order valence-electron chi connectivity index (χ0n) is 12.6. The molecular weight excluding hydrogens is 254 g/mol. The molecular formula is C14H25N5O. The van der Waals surface area contributed by atoms with Crippen molar-refractivity contribution >= 4 is 11.6 Å². The minimum Gasteiger partial charge on any atom is -0.376 e. The molecule has 1 aromatic rings. The van der Waals surface area contributed by atoms with E-state index < -0.39 is 0 Å². The zero-order chi connectivity index (χ0) is 14.4. The summed E-state index contributed by atoms with van der Waals surface area (Å²) in [5, 5.41) is 6.66. The summed E-state index contributed by atoms with van der Waals surface area (Å²) < 4.78 is 5.60. The van der Waals surface area contributed by atoms with Crippen molar-refractivity contribution < 1.29 is 4.74 Å². The first-order valence-electron chi connectivity index (χ1n) is 7.23. The number of hydrogen-bond donors (Lipinski definition) is 2. The highest BCUT2D eigenvalue weighted by atomic mass is 16.5. The fourth-order valence-corrected chi connectivity index (χ4v) is 2.18. The van der Waals surface area contributed by atoms with Crippen molar-refractivity contribution in [1.29, 1.82) is 0 Å². The Hall–Kier alpha value is -1.40. The third kappa shape index (κ3) is 4.94. The van der Waals surface area contributed by atoms with Crippen LogP contribution in [0.1, 0.15) is 18.7 Å². The second-order valence-corrected chi connectivity index (χ2v) is 5.43. The summed E-state index contributed by atoms with van der Waals surface area (Å²) in [5.74, 6) is 2.50. The molecule has 0 saturated carbocycles. The van der Waals surface area contributed by atoms with Gasteiger partial charge >= 0.3 is 0 Å². The van der Waals surface area contributed by atoms with Gasteiger partial charge < -0.3 is 20.3 Å². The van der Waals surface area contributed by atoms with E-state index in [4.69, 9.17) is 4.74 Å². The molecule has 0 aromatic carbocycles. The molecule has 1 atom stereocenters. The van der Waals surface area contributed by atoms with Gasteiger partial charge in [-0.3, -0.25) is 0 Å². The average Bonchev–Trinajstić information content (AvgIpc) is 2.88. The van der Waals surface area contributed by atoms with E-state index in [-0.39, 0.29) is 0 Å². The van der Waals surface area contributed by atoms with Crippen LogP contribution in [0.4, 0.5) is 11.6 Å². The van der Waals surface area contributed by atoms with Gasteiger partial charge in [0.25, 0.3) is 0 Å². The first-order valence-corrected chi connectivity index (χ1v) is 7.23. The van der Waals surface area contributed by atoms with E-state index in [1.807, 2.05) is 13.0 Å². The summed E-state index contributed by atoms with van der Waals surface area (Å²) in [6, 6.07) is 1.96. The van der Waals surface area contributed by atoms with Gasteiger partial charge in [0.05, 0.1) is 6.10 Å². The number of aryl methyl sites for hydroxylation is 1. The minimum atomic E-state index is 0.315. The van der Waals surface area contributed by atoms with Crippen molar-refractivity contribution in [2.24, 2.45) is 0 Å². The van der Waals surface area contributed by atoms with Crippen LogP contribution in [0.15, 0.2) is 6.07 Å². The third-order valence-electron chi connectivity index (χ3n) is 3.24. The Balaban J connectivity index is 1.86. The number of hydrogen-bond acceptors (Lipinski definition) is 6. The maximum Gasteiger partial charge on any atom is 0.131 e. The molecule has 1 aliphatic rings. The van der Waals surface area contributed by atoms with E-state index in [1.165, 1.54) is 0 Å². The lowest BCUT2D eigenvalue weighted by atomic mass is 10.2. The second-order valence-electron chi connectivity index (χ2n) is 5.43. The van der Waals surface area contributed by atoms with Crippen LogP contribution in [-0.4, -0.2) is 61.3 Å². The predicted molar refractivity (Wildman–Crippen MR) is 81.3 cm³/mol. The van der Waals surface area contributed by atoms with Crippen LogP contribution < -0.4 is 10.6 Å². The van der Waals surface area contributed by atoms with E-state index >= 15 is 0 Å². The molecule has 2 rings (SSSR count). The van der Waals surface area contributed by atoms with Crippen LogP contribution in [0.25, 0.3) is 0 Å². The Morgan fingerprint density at radius 2 is 2.05 bits per heavy atom. The summed E-state index contributed by atoms with van der Waals surface area (Å²) in [5.41, 5.74) is 0. The van der Waals surface area contributed by atoms with E-state index in [0.717, 1.165) is 56.5 Å². The highest BCUT2D eigenvalue weighted by Crippen LogP contribution is 2.15. The van der Waals surface area contributed by atoms with E-state index in [2.05, 4.69) is 39.6 Å². The fraction of sp³-hybridized carbons (Fsp3) is 0.714. The van der Waals surface area contributed by atoms with Crippen LogP contribution >= 0.6 is 0 Å². The molecule has 0 aliphatic carbocycles. The van der Waals surface area contributed by atoms with Crippen LogP contribution in [0, 0.1) is 6.92 Å². The smallest absolute Gasteiger partial charge is 0.131 e. The lowest BCUT2D eigenvalue weighted by molar-refractivity contribution is 0.120. The van der Waals surface area contributed by atoms with Gasteiger partial charge in [0.15, 0.2) is 0 Å². The standard InChI is InChI=1S/C14H25N5O/c1-11-17-13(15-6-7-19(2)3)9-14(18-11)16-10-12-5-4-8-20-12/h9,12H,4-8,10H2,1-3H3,(H2,15,16,17,18). The van der Waals surface area contributed by atoms with Crippen molar-refractivity contribution in [1.82, 2.24) is 14.9 Å². The summed E-state index contributed by atoms with van der Waals surface area (Å²) in [6.07, 6.45) is 2.60.